The molecule has 0 amide bonds. The molecule has 1 aliphatic heterocycles. The summed E-state index contributed by atoms with van der Waals surface area (Å²) in [4.78, 5) is 19.7. The zero-order valence-electron chi connectivity index (χ0n) is 8.03. The van der Waals surface area contributed by atoms with Crippen LogP contribution < -0.4 is 10.5 Å². The third kappa shape index (κ3) is 1.63. The quantitative estimate of drug-likeness (QED) is 0.647. The number of H-pyrrole nitrogens is 1. The number of hydrogen-bond donors (Lipinski definition) is 2. The van der Waals surface area contributed by atoms with E-state index in [-0.39, 0.29) is 5.56 Å². The van der Waals surface area contributed by atoms with Gasteiger partial charge < -0.3 is 15.0 Å². The van der Waals surface area contributed by atoms with Gasteiger partial charge in [0.25, 0.3) is 5.56 Å². The first kappa shape index (κ1) is 9.21. The minimum atomic E-state index is -0.704. The van der Waals surface area contributed by atoms with Crippen LogP contribution in [0.25, 0.3) is 0 Å². The molecular formula is C9H13N3O2. The topological polar surface area (TPSA) is 69.2 Å². The molecule has 0 bridgehead atoms. The van der Waals surface area contributed by atoms with Crippen LogP contribution in [0, 0.1) is 0 Å². The molecule has 1 aliphatic rings. The van der Waals surface area contributed by atoms with Crippen LogP contribution in [0.15, 0.2) is 17.2 Å². The number of aromatic nitrogens is 2. The summed E-state index contributed by atoms with van der Waals surface area (Å²) in [6.07, 6.45) is 3.72. The maximum Gasteiger partial charge on any atom is 0.290 e. The average molecular weight is 195 g/mol. The molecule has 1 fully saturated rings. The van der Waals surface area contributed by atoms with Crippen molar-refractivity contribution in [1.82, 2.24) is 9.97 Å². The summed E-state index contributed by atoms with van der Waals surface area (Å²) in [5.41, 5.74) is -0.908. The van der Waals surface area contributed by atoms with Gasteiger partial charge in [0.1, 0.15) is 0 Å². The van der Waals surface area contributed by atoms with E-state index in [9.17, 15) is 9.90 Å². The molecule has 5 nitrogen and oxygen atoms in total. The van der Waals surface area contributed by atoms with Crippen molar-refractivity contribution in [1.29, 1.82) is 0 Å². The van der Waals surface area contributed by atoms with E-state index < -0.39 is 5.60 Å². The van der Waals surface area contributed by atoms with Crippen LogP contribution in [0.5, 0.6) is 0 Å². The number of aliphatic hydroxyl groups is 1. The molecule has 0 aromatic carbocycles. The highest BCUT2D eigenvalue weighted by molar-refractivity contribution is 5.37. The molecule has 5 heteroatoms. The Kier molecular flexibility index (Phi) is 2.03. The van der Waals surface area contributed by atoms with Gasteiger partial charge in [-0.25, -0.2) is 4.98 Å². The van der Waals surface area contributed by atoms with Crippen LogP contribution in [0.3, 0.4) is 0 Å². The van der Waals surface area contributed by atoms with Gasteiger partial charge in [0.05, 0.1) is 5.60 Å². The predicted molar refractivity (Wildman–Crippen MR) is 52.3 cm³/mol. The highest BCUT2D eigenvalue weighted by atomic mass is 16.3. The first-order valence-electron chi connectivity index (χ1n) is 4.59. The van der Waals surface area contributed by atoms with Gasteiger partial charge in [-0.3, -0.25) is 4.79 Å². The Balaban J connectivity index is 2.26. The Bertz CT molecular complexity index is 386. The highest BCUT2D eigenvalue weighted by Gasteiger charge is 2.32. The summed E-state index contributed by atoms with van der Waals surface area (Å²) in [6, 6.07) is 0. The smallest absolute Gasteiger partial charge is 0.290 e. The van der Waals surface area contributed by atoms with Crippen molar-refractivity contribution in [3.8, 4) is 0 Å². The van der Waals surface area contributed by atoms with Crippen molar-refractivity contribution < 1.29 is 5.11 Å². The second-order valence-corrected chi connectivity index (χ2v) is 3.91. The van der Waals surface area contributed by atoms with Gasteiger partial charge in [-0.2, -0.15) is 0 Å². The Hall–Kier alpha value is -1.36. The van der Waals surface area contributed by atoms with E-state index in [1.165, 1.54) is 6.20 Å². The summed E-state index contributed by atoms with van der Waals surface area (Å²) < 4.78 is 0. The van der Waals surface area contributed by atoms with Crippen LogP contribution >= 0.6 is 0 Å². The lowest BCUT2D eigenvalue weighted by Crippen LogP contribution is -2.33. The van der Waals surface area contributed by atoms with Crippen LogP contribution in [0.4, 0.5) is 5.82 Å². The fraction of sp³-hybridized carbons (Fsp3) is 0.556. The number of rotatable bonds is 1. The summed E-state index contributed by atoms with van der Waals surface area (Å²) in [7, 11) is 0. The lowest BCUT2D eigenvalue weighted by atomic mass is 10.1. The first-order valence-corrected chi connectivity index (χ1v) is 4.59. The fourth-order valence-electron chi connectivity index (χ4n) is 1.70. The van der Waals surface area contributed by atoms with Gasteiger partial charge in [-0.05, 0) is 13.3 Å². The molecule has 0 radical (unpaired) electrons. The molecule has 0 aliphatic carbocycles. The van der Waals surface area contributed by atoms with Gasteiger partial charge in [-0.15, -0.1) is 0 Å². The first-order chi connectivity index (χ1) is 6.58. The zero-order valence-corrected chi connectivity index (χ0v) is 8.03. The average Bonchev–Trinajstić information content (AvgIpc) is 2.47. The van der Waals surface area contributed by atoms with Gasteiger partial charge in [-0.1, -0.05) is 0 Å². The molecule has 2 rings (SSSR count). The monoisotopic (exact) mass is 195 g/mol. The molecule has 2 N–H and O–H groups in total. The Morgan fingerprint density at radius 1 is 1.71 bits per heavy atom. The summed E-state index contributed by atoms with van der Waals surface area (Å²) >= 11 is 0. The molecule has 0 saturated carbocycles. The normalized spacial score (nSPS) is 26.9. The predicted octanol–water partition coefficient (Wildman–Crippen LogP) is -0.269. The zero-order chi connectivity index (χ0) is 10.2. The number of nitrogens with one attached hydrogen (secondary N) is 1. The van der Waals surface area contributed by atoms with Gasteiger partial charge >= 0.3 is 0 Å². The lowest BCUT2D eigenvalue weighted by molar-refractivity contribution is 0.0839. The van der Waals surface area contributed by atoms with Crippen LogP contribution in [0.1, 0.15) is 13.3 Å². The summed E-state index contributed by atoms with van der Waals surface area (Å²) in [5, 5.41) is 9.74. The second kappa shape index (κ2) is 3.09. The van der Waals surface area contributed by atoms with Crippen LogP contribution in [0.2, 0.25) is 0 Å². The fourth-order valence-corrected chi connectivity index (χ4v) is 1.70. The van der Waals surface area contributed by atoms with Gasteiger partial charge in [0.2, 0.25) is 0 Å². The van der Waals surface area contributed by atoms with Gasteiger partial charge in [0, 0.05) is 25.5 Å². The third-order valence-electron chi connectivity index (χ3n) is 2.44. The molecule has 0 spiro atoms. The minimum absolute atomic E-state index is 0.204. The number of hydrogen-bond acceptors (Lipinski definition) is 4. The van der Waals surface area contributed by atoms with Crippen molar-refractivity contribution in [2.45, 2.75) is 18.9 Å². The summed E-state index contributed by atoms with van der Waals surface area (Å²) in [6.45, 7) is 2.91. The highest BCUT2D eigenvalue weighted by Crippen LogP contribution is 2.22. The SMILES string of the molecule is CC1(O)CCN(c2ncc[nH]c2=O)C1. The molecule has 1 aromatic heterocycles. The summed E-state index contributed by atoms with van der Waals surface area (Å²) in [5.74, 6) is 0.394. The third-order valence-corrected chi connectivity index (χ3v) is 2.44. The molecule has 1 unspecified atom stereocenters. The molecule has 1 aromatic rings. The number of anilines is 1. The maximum atomic E-state index is 11.4. The van der Waals surface area contributed by atoms with E-state index >= 15 is 0 Å². The molecule has 76 valence electrons. The van der Waals surface area contributed by atoms with E-state index in [1.54, 1.807) is 18.0 Å². The van der Waals surface area contributed by atoms with E-state index in [4.69, 9.17) is 0 Å². The van der Waals surface area contributed by atoms with Crippen molar-refractivity contribution in [3.63, 3.8) is 0 Å². The van der Waals surface area contributed by atoms with E-state index in [1.807, 2.05) is 0 Å². The largest absolute Gasteiger partial charge is 0.388 e. The Morgan fingerprint density at radius 2 is 2.50 bits per heavy atom. The van der Waals surface area contributed by atoms with Crippen molar-refractivity contribution in [2.75, 3.05) is 18.0 Å². The minimum Gasteiger partial charge on any atom is -0.388 e. The lowest BCUT2D eigenvalue weighted by Gasteiger charge is -2.18. The molecule has 1 atom stereocenters. The number of β-amino-alcohol motifs (C(OH)–C–C–N with tert-alkyl or cyclic N) is 1. The molecular weight excluding hydrogens is 182 g/mol. The molecule has 14 heavy (non-hydrogen) atoms. The van der Waals surface area contributed by atoms with E-state index in [2.05, 4.69) is 9.97 Å². The maximum absolute atomic E-state index is 11.4. The van der Waals surface area contributed by atoms with Crippen LogP contribution in [-0.4, -0.2) is 33.8 Å². The van der Waals surface area contributed by atoms with Crippen molar-refractivity contribution in [2.24, 2.45) is 0 Å². The van der Waals surface area contributed by atoms with Crippen LogP contribution in [-0.2, 0) is 0 Å². The van der Waals surface area contributed by atoms with Crippen molar-refractivity contribution >= 4 is 5.82 Å². The molecule has 1 saturated heterocycles. The van der Waals surface area contributed by atoms with E-state index in [0.717, 1.165) is 0 Å². The molecule has 2 heterocycles. The number of aromatic amines is 1. The van der Waals surface area contributed by atoms with Gasteiger partial charge in [0.15, 0.2) is 5.82 Å². The van der Waals surface area contributed by atoms with E-state index in [0.29, 0.717) is 25.3 Å². The standard InChI is InChI=1S/C9H13N3O2/c1-9(14)2-5-12(6-9)7-8(13)11-4-3-10-7/h3-4,14H,2,5-6H2,1H3,(H,11,13). The van der Waals surface area contributed by atoms with Crippen molar-refractivity contribution in [3.05, 3.63) is 22.7 Å². The second-order valence-electron chi connectivity index (χ2n) is 3.91. The number of nitrogens with zero attached hydrogens (tertiary/aromatic N) is 2. The Morgan fingerprint density at radius 3 is 3.07 bits per heavy atom. The Labute approximate surface area is 81.4 Å².